The van der Waals surface area contributed by atoms with Crippen LogP contribution in [0.15, 0.2) is 24.5 Å². The number of carbonyl (C=O) groups excluding carboxylic acids is 2. The van der Waals surface area contributed by atoms with E-state index in [-0.39, 0.29) is 29.3 Å². The van der Waals surface area contributed by atoms with Gasteiger partial charge >= 0.3 is 0 Å². The molecule has 2 amide bonds. The summed E-state index contributed by atoms with van der Waals surface area (Å²) in [6, 6.07) is 3.29. The fraction of sp³-hybridized carbons (Fsp3) is 0.333. The second-order valence-corrected chi connectivity index (χ2v) is 4.80. The summed E-state index contributed by atoms with van der Waals surface area (Å²) in [7, 11) is 1.51. The molecule has 0 unspecified atom stereocenters. The van der Waals surface area contributed by atoms with E-state index in [4.69, 9.17) is 4.74 Å². The van der Waals surface area contributed by atoms with E-state index in [1.807, 2.05) is 13.8 Å². The first-order valence-corrected chi connectivity index (χ1v) is 7.23. The highest BCUT2D eigenvalue weighted by Gasteiger charge is 2.21. The van der Waals surface area contributed by atoms with Gasteiger partial charge in [0, 0.05) is 31.4 Å². The predicted molar refractivity (Wildman–Crippen MR) is 83.3 cm³/mol. The Labute approximate surface area is 133 Å². The van der Waals surface area contributed by atoms with Gasteiger partial charge in [0.25, 0.3) is 11.8 Å². The van der Waals surface area contributed by atoms with Gasteiger partial charge in [0.1, 0.15) is 17.5 Å². The van der Waals surface area contributed by atoms with Gasteiger partial charge in [-0.05, 0) is 19.9 Å². The van der Waals surface area contributed by atoms with Gasteiger partial charge in [-0.2, -0.15) is 10.2 Å². The number of amides is 2. The number of aromatic nitrogens is 3. The van der Waals surface area contributed by atoms with Crippen LogP contribution in [0, 0.1) is 0 Å². The average Bonchev–Trinajstić information content (AvgIpc) is 2.99. The normalized spacial score (nSPS) is 11.6. The average molecular weight is 317 g/mol. The van der Waals surface area contributed by atoms with Crippen LogP contribution in [-0.4, -0.2) is 40.6 Å². The third-order valence-electron chi connectivity index (χ3n) is 3.20. The largest absolute Gasteiger partial charge is 0.483 e. The molecule has 0 aliphatic heterocycles. The van der Waals surface area contributed by atoms with Gasteiger partial charge < -0.3 is 20.4 Å². The molecule has 8 heteroatoms. The lowest BCUT2D eigenvalue weighted by molar-refractivity contribution is 0.0951. The highest BCUT2D eigenvalue weighted by atomic mass is 16.5. The summed E-state index contributed by atoms with van der Waals surface area (Å²) >= 11 is 0. The Bertz CT molecular complexity index is 684. The van der Waals surface area contributed by atoms with Crippen molar-refractivity contribution in [2.24, 2.45) is 0 Å². The number of nitrogens with zero attached hydrogens (tertiary/aromatic N) is 2. The van der Waals surface area contributed by atoms with Crippen LogP contribution < -0.4 is 15.4 Å². The zero-order chi connectivity index (χ0) is 16.8. The summed E-state index contributed by atoms with van der Waals surface area (Å²) in [4.78, 5) is 26.7. The van der Waals surface area contributed by atoms with E-state index in [1.54, 1.807) is 18.5 Å². The Morgan fingerprint density at radius 2 is 2.13 bits per heavy atom. The molecule has 23 heavy (non-hydrogen) atoms. The topological polar surface area (TPSA) is 109 Å². The van der Waals surface area contributed by atoms with Gasteiger partial charge in [0.2, 0.25) is 0 Å². The molecule has 3 N–H and O–H groups in total. The molecule has 2 rings (SSSR count). The summed E-state index contributed by atoms with van der Waals surface area (Å²) in [5, 5.41) is 12.7. The Morgan fingerprint density at radius 1 is 1.35 bits per heavy atom. The zero-order valence-electron chi connectivity index (χ0n) is 13.2. The first-order chi connectivity index (χ1) is 11.1. The fourth-order valence-electron chi connectivity index (χ4n) is 2.00. The van der Waals surface area contributed by atoms with Crippen molar-refractivity contribution in [2.75, 3.05) is 13.6 Å². The standard InChI is InChI=1S/C15H19N5O3/c1-4-17-14(21)11-7-12(13(20-11)15(22)16-3)23-9(2)10-5-6-18-19-8-10/h5-9,20H,4H2,1-3H3,(H,16,22)(H,17,21)/t9-/m0/s1. The van der Waals surface area contributed by atoms with E-state index in [0.29, 0.717) is 12.3 Å². The van der Waals surface area contributed by atoms with E-state index in [2.05, 4.69) is 25.8 Å². The first-order valence-electron chi connectivity index (χ1n) is 7.23. The van der Waals surface area contributed by atoms with Gasteiger partial charge in [0.15, 0.2) is 5.75 Å². The van der Waals surface area contributed by atoms with Crippen molar-refractivity contribution in [1.82, 2.24) is 25.8 Å². The van der Waals surface area contributed by atoms with Crippen LogP contribution in [0.25, 0.3) is 0 Å². The number of nitrogens with one attached hydrogen (secondary N) is 3. The summed E-state index contributed by atoms with van der Waals surface area (Å²) in [5.41, 5.74) is 1.27. The number of aromatic amines is 1. The van der Waals surface area contributed by atoms with Crippen molar-refractivity contribution in [3.63, 3.8) is 0 Å². The lowest BCUT2D eigenvalue weighted by atomic mass is 10.2. The molecule has 0 bridgehead atoms. The monoisotopic (exact) mass is 317 g/mol. The maximum Gasteiger partial charge on any atom is 0.271 e. The van der Waals surface area contributed by atoms with Crippen molar-refractivity contribution in [3.8, 4) is 5.75 Å². The number of carbonyl (C=O) groups is 2. The molecule has 2 aromatic rings. The molecule has 8 nitrogen and oxygen atoms in total. The summed E-state index contributed by atoms with van der Waals surface area (Å²) < 4.78 is 5.82. The molecule has 0 aliphatic rings. The molecule has 2 aromatic heterocycles. The van der Waals surface area contributed by atoms with E-state index in [1.165, 1.54) is 13.1 Å². The van der Waals surface area contributed by atoms with E-state index in [9.17, 15) is 9.59 Å². The first kappa shape index (κ1) is 16.5. The van der Waals surface area contributed by atoms with Crippen LogP contribution in [0.1, 0.15) is 46.5 Å². The SMILES string of the molecule is CCNC(=O)c1cc(O[C@@H](C)c2ccnnc2)c(C(=O)NC)[nH]1. The predicted octanol–water partition coefficient (Wildman–Crippen LogP) is 1.05. The summed E-state index contributed by atoms with van der Waals surface area (Å²) in [6.45, 7) is 4.13. The summed E-state index contributed by atoms with van der Waals surface area (Å²) in [5.74, 6) is -0.365. The van der Waals surface area contributed by atoms with Gasteiger partial charge in [-0.25, -0.2) is 0 Å². The third-order valence-corrected chi connectivity index (χ3v) is 3.20. The smallest absolute Gasteiger partial charge is 0.271 e. The van der Waals surface area contributed by atoms with Crippen LogP contribution in [-0.2, 0) is 0 Å². The minimum Gasteiger partial charge on any atom is -0.483 e. The number of rotatable bonds is 6. The lowest BCUT2D eigenvalue weighted by Gasteiger charge is -2.14. The fourth-order valence-corrected chi connectivity index (χ4v) is 2.00. The van der Waals surface area contributed by atoms with Crippen LogP contribution >= 0.6 is 0 Å². The molecule has 122 valence electrons. The molecular weight excluding hydrogens is 298 g/mol. The molecule has 0 radical (unpaired) electrons. The molecule has 0 fully saturated rings. The molecule has 0 aromatic carbocycles. The Balaban J connectivity index is 2.28. The number of H-pyrrole nitrogens is 1. The lowest BCUT2D eigenvalue weighted by Crippen LogP contribution is -2.23. The van der Waals surface area contributed by atoms with Crippen molar-refractivity contribution < 1.29 is 14.3 Å². The zero-order valence-corrected chi connectivity index (χ0v) is 13.2. The van der Waals surface area contributed by atoms with Gasteiger partial charge in [-0.1, -0.05) is 0 Å². The molecule has 0 saturated heterocycles. The quantitative estimate of drug-likeness (QED) is 0.738. The molecule has 0 aliphatic carbocycles. The maximum atomic E-state index is 12.0. The second-order valence-electron chi connectivity index (χ2n) is 4.80. The number of hydrogen-bond acceptors (Lipinski definition) is 5. The molecular formula is C15H19N5O3. The molecule has 0 spiro atoms. The Kier molecular flexibility index (Phi) is 5.29. The van der Waals surface area contributed by atoms with Crippen LogP contribution in [0.4, 0.5) is 0 Å². The minimum atomic E-state index is -0.365. The van der Waals surface area contributed by atoms with E-state index >= 15 is 0 Å². The highest BCUT2D eigenvalue weighted by molar-refractivity contribution is 5.99. The van der Waals surface area contributed by atoms with Gasteiger partial charge in [-0.3, -0.25) is 9.59 Å². The summed E-state index contributed by atoms with van der Waals surface area (Å²) in [6.07, 6.45) is 2.79. The van der Waals surface area contributed by atoms with Crippen molar-refractivity contribution in [3.05, 3.63) is 41.5 Å². The van der Waals surface area contributed by atoms with Crippen molar-refractivity contribution in [1.29, 1.82) is 0 Å². The van der Waals surface area contributed by atoms with E-state index in [0.717, 1.165) is 5.56 Å². The Morgan fingerprint density at radius 3 is 2.74 bits per heavy atom. The van der Waals surface area contributed by atoms with Crippen molar-refractivity contribution in [2.45, 2.75) is 20.0 Å². The van der Waals surface area contributed by atoms with Crippen LogP contribution in [0.2, 0.25) is 0 Å². The van der Waals surface area contributed by atoms with Crippen molar-refractivity contribution >= 4 is 11.8 Å². The van der Waals surface area contributed by atoms with Crippen LogP contribution in [0.3, 0.4) is 0 Å². The minimum absolute atomic E-state index is 0.197. The van der Waals surface area contributed by atoms with Gasteiger partial charge in [0.05, 0.1) is 6.20 Å². The second kappa shape index (κ2) is 7.39. The number of ether oxygens (including phenoxy) is 1. The van der Waals surface area contributed by atoms with E-state index < -0.39 is 0 Å². The molecule has 0 saturated carbocycles. The highest BCUT2D eigenvalue weighted by Crippen LogP contribution is 2.26. The Hall–Kier alpha value is -2.90. The number of hydrogen-bond donors (Lipinski definition) is 3. The molecule has 1 atom stereocenters. The maximum absolute atomic E-state index is 12.0. The van der Waals surface area contributed by atoms with Crippen LogP contribution in [0.5, 0.6) is 5.75 Å². The molecule has 2 heterocycles. The van der Waals surface area contributed by atoms with Gasteiger partial charge in [-0.15, -0.1) is 0 Å². The third kappa shape index (κ3) is 3.85.